The molecule has 0 atom stereocenters. The number of halogens is 3. The number of carbonyl (C=O) groups excluding carboxylic acids is 1. The van der Waals surface area contributed by atoms with Crippen LogP contribution in [0, 0.1) is 0 Å². The second-order valence-corrected chi connectivity index (χ2v) is 8.51. The lowest BCUT2D eigenvalue weighted by Gasteiger charge is -2.26. The van der Waals surface area contributed by atoms with Gasteiger partial charge in [0.1, 0.15) is 12.4 Å². The summed E-state index contributed by atoms with van der Waals surface area (Å²) >= 11 is 0. The van der Waals surface area contributed by atoms with Crippen molar-refractivity contribution in [3.63, 3.8) is 0 Å². The molecule has 1 amide bonds. The van der Waals surface area contributed by atoms with Gasteiger partial charge in [0.05, 0.1) is 31.0 Å². The van der Waals surface area contributed by atoms with Crippen LogP contribution in [0.1, 0.15) is 27.2 Å². The average Bonchev–Trinajstić information content (AvgIpc) is 2.89. The Morgan fingerprint density at radius 1 is 1.00 bits per heavy atom. The number of carbonyl (C=O) groups is 1. The molecule has 36 heavy (non-hydrogen) atoms. The Morgan fingerprint density at radius 2 is 1.78 bits per heavy atom. The first-order valence-electron chi connectivity index (χ1n) is 11.8. The van der Waals surface area contributed by atoms with Gasteiger partial charge in [-0.1, -0.05) is 18.2 Å². The van der Waals surface area contributed by atoms with Crippen molar-refractivity contribution in [1.29, 1.82) is 0 Å². The zero-order valence-corrected chi connectivity index (χ0v) is 19.8. The summed E-state index contributed by atoms with van der Waals surface area (Å²) in [4.78, 5) is 21.5. The molecule has 0 aliphatic carbocycles. The zero-order valence-electron chi connectivity index (χ0n) is 19.8. The van der Waals surface area contributed by atoms with Crippen molar-refractivity contribution >= 4 is 5.91 Å². The summed E-state index contributed by atoms with van der Waals surface area (Å²) in [6.45, 7) is 5.02. The molecule has 1 aromatic heterocycles. The van der Waals surface area contributed by atoms with E-state index < -0.39 is 11.7 Å². The van der Waals surface area contributed by atoms with E-state index in [2.05, 4.69) is 9.88 Å². The lowest BCUT2D eigenvalue weighted by atomic mass is 10.1. The van der Waals surface area contributed by atoms with Crippen LogP contribution in [0.3, 0.4) is 0 Å². The van der Waals surface area contributed by atoms with Crippen molar-refractivity contribution in [3.8, 4) is 5.75 Å². The first kappa shape index (κ1) is 25.7. The number of hydrogen-bond donors (Lipinski definition) is 0. The molecule has 9 heteroatoms. The van der Waals surface area contributed by atoms with Crippen LogP contribution in [-0.2, 0) is 24.0 Å². The second-order valence-electron chi connectivity index (χ2n) is 8.51. The van der Waals surface area contributed by atoms with Gasteiger partial charge in [-0.25, -0.2) is 0 Å². The normalized spacial score (nSPS) is 14.4. The predicted molar refractivity (Wildman–Crippen MR) is 128 cm³/mol. The van der Waals surface area contributed by atoms with Crippen molar-refractivity contribution in [2.75, 3.05) is 39.5 Å². The lowest BCUT2D eigenvalue weighted by Crippen LogP contribution is -2.38. The predicted octanol–water partition coefficient (Wildman–Crippen LogP) is 4.65. The maximum absolute atomic E-state index is 13.3. The fourth-order valence-electron chi connectivity index (χ4n) is 3.94. The Morgan fingerprint density at radius 3 is 2.47 bits per heavy atom. The van der Waals surface area contributed by atoms with Crippen LogP contribution in [-0.4, -0.2) is 60.1 Å². The van der Waals surface area contributed by atoms with Gasteiger partial charge in [0.15, 0.2) is 0 Å². The van der Waals surface area contributed by atoms with E-state index in [-0.39, 0.29) is 24.6 Å². The summed E-state index contributed by atoms with van der Waals surface area (Å²) in [6.07, 6.45) is -2.82. The van der Waals surface area contributed by atoms with Gasteiger partial charge in [-0.05, 0) is 54.1 Å². The van der Waals surface area contributed by atoms with Gasteiger partial charge < -0.3 is 14.4 Å². The molecule has 1 saturated heterocycles. The third-order valence-electron chi connectivity index (χ3n) is 5.88. The Bertz CT molecular complexity index is 1120. The van der Waals surface area contributed by atoms with Crippen molar-refractivity contribution < 1.29 is 27.4 Å². The number of benzene rings is 2. The van der Waals surface area contributed by atoms with Gasteiger partial charge in [-0.3, -0.25) is 14.7 Å². The van der Waals surface area contributed by atoms with Crippen LogP contribution < -0.4 is 4.74 Å². The summed E-state index contributed by atoms with van der Waals surface area (Å²) in [7, 11) is 0. The van der Waals surface area contributed by atoms with E-state index in [0.29, 0.717) is 18.1 Å². The van der Waals surface area contributed by atoms with E-state index in [4.69, 9.17) is 9.47 Å². The summed E-state index contributed by atoms with van der Waals surface area (Å²) in [5.74, 6) is 0.313. The van der Waals surface area contributed by atoms with Crippen LogP contribution in [0.25, 0.3) is 0 Å². The number of rotatable bonds is 9. The van der Waals surface area contributed by atoms with Crippen molar-refractivity contribution in [2.45, 2.75) is 19.3 Å². The number of nitrogens with zero attached hydrogens (tertiary/aromatic N) is 3. The Labute approximate surface area is 208 Å². The number of pyridine rings is 1. The Balaban J connectivity index is 1.46. The lowest BCUT2D eigenvalue weighted by molar-refractivity contribution is -0.137. The molecule has 2 heterocycles. The van der Waals surface area contributed by atoms with Crippen LogP contribution >= 0.6 is 0 Å². The number of aromatic nitrogens is 1. The largest absolute Gasteiger partial charge is 0.492 e. The summed E-state index contributed by atoms with van der Waals surface area (Å²) in [5, 5.41) is 0. The highest BCUT2D eigenvalue weighted by atomic mass is 19.4. The van der Waals surface area contributed by atoms with Gasteiger partial charge in [-0.2, -0.15) is 13.2 Å². The minimum atomic E-state index is -4.46. The summed E-state index contributed by atoms with van der Waals surface area (Å²) in [6, 6.07) is 17.2. The number of amides is 1. The quantitative estimate of drug-likeness (QED) is 0.429. The fraction of sp³-hybridized carbons (Fsp3) is 0.333. The number of morpholine rings is 1. The number of ether oxygens (including phenoxy) is 2. The molecular formula is C27H28F3N3O3. The molecule has 3 aromatic rings. The monoisotopic (exact) mass is 499 g/mol. The van der Waals surface area contributed by atoms with E-state index in [1.165, 1.54) is 12.1 Å². The molecule has 0 bridgehead atoms. The van der Waals surface area contributed by atoms with Gasteiger partial charge in [0.25, 0.3) is 5.91 Å². The molecule has 1 aliphatic heterocycles. The first-order chi connectivity index (χ1) is 17.4. The fourth-order valence-corrected chi connectivity index (χ4v) is 3.94. The molecule has 0 saturated carbocycles. The second kappa shape index (κ2) is 12.0. The summed E-state index contributed by atoms with van der Waals surface area (Å²) < 4.78 is 50.2. The maximum Gasteiger partial charge on any atom is 0.416 e. The molecule has 6 nitrogen and oxygen atoms in total. The smallest absolute Gasteiger partial charge is 0.416 e. The zero-order chi connectivity index (χ0) is 25.4. The molecule has 190 valence electrons. The van der Waals surface area contributed by atoms with Crippen LogP contribution in [0.4, 0.5) is 13.2 Å². The molecule has 0 radical (unpaired) electrons. The molecule has 0 N–H and O–H groups in total. The van der Waals surface area contributed by atoms with Gasteiger partial charge in [-0.15, -0.1) is 0 Å². The van der Waals surface area contributed by atoms with Crippen LogP contribution in [0.2, 0.25) is 0 Å². The van der Waals surface area contributed by atoms with E-state index >= 15 is 0 Å². The van der Waals surface area contributed by atoms with E-state index in [1.807, 2.05) is 30.3 Å². The first-order valence-corrected chi connectivity index (χ1v) is 11.8. The highest BCUT2D eigenvalue weighted by Gasteiger charge is 2.30. The summed E-state index contributed by atoms with van der Waals surface area (Å²) in [5.41, 5.74) is 0.903. The third-order valence-corrected chi connectivity index (χ3v) is 5.88. The maximum atomic E-state index is 13.3. The Hall–Kier alpha value is -3.43. The topological polar surface area (TPSA) is 54.9 Å². The molecule has 1 aliphatic rings. The van der Waals surface area contributed by atoms with E-state index in [9.17, 15) is 18.0 Å². The van der Waals surface area contributed by atoms with Crippen LogP contribution in [0.5, 0.6) is 5.75 Å². The van der Waals surface area contributed by atoms with Crippen molar-refractivity contribution in [2.24, 2.45) is 0 Å². The van der Waals surface area contributed by atoms with E-state index in [1.54, 1.807) is 23.2 Å². The third kappa shape index (κ3) is 7.29. The highest BCUT2D eigenvalue weighted by Crippen LogP contribution is 2.29. The minimum absolute atomic E-state index is 0.178. The standard InChI is InChI=1S/C27H28F3N3O3/c28-27(29,30)23-9-7-22(8-10-23)26(34)33(20-24-5-1-2-11-31-24)19-21-4-3-6-25(18-21)36-17-14-32-12-15-35-16-13-32/h1-11,18H,12-17,19-20H2. The molecular weight excluding hydrogens is 471 g/mol. The van der Waals surface area contributed by atoms with Crippen LogP contribution in [0.15, 0.2) is 72.9 Å². The van der Waals surface area contributed by atoms with Gasteiger partial charge in [0, 0.05) is 37.9 Å². The molecule has 0 unspecified atom stereocenters. The van der Waals surface area contributed by atoms with Gasteiger partial charge >= 0.3 is 6.18 Å². The molecule has 1 fully saturated rings. The highest BCUT2D eigenvalue weighted by molar-refractivity contribution is 5.94. The van der Waals surface area contributed by atoms with Gasteiger partial charge in [0.2, 0.25) is 0 Å². The Kier molecular flexibility index (Phi) is 8.56. The van der Waals surface area contributed by atoms with Crippen molar-refractivity contribution in [3.05, 3.63) is 95.3 Å². The van der Waals surface area contributed by atoms with E-state index in [0.717, 1.165) is 50.5 Å². The average molecular weight is 500 g/mol. The molecule has 4 rings (SSSR count). The van der Waals surface area contributed by atoms with Crippen molar-refractivity contribution in [1.82, 2.24) is 14.8 Å². The minimum Gasteiger partial charge on any atom is -0.492 e. The molecule has 0 spiro atoms. The molecule has 2 aromatic carbocycles. The number of alkyl halides is 3. The number of hydrogen-bond acceptors (Lipinski definition) is 5. The SMILES string of the molecule is O=C(c1ccc(C(F)(F)F)cc1)N(Cc1cccc(OCCN2CCOCC2)c1)Cc1ccccn1.